The van der Waals surface area contributed by atoms with Crippen LogP contribution in [0.2, 0.25) is 0 Å². The highest BCUT2D eigenvalue weighted by Crippen LogP contribution is 2.20. The molecule has 0 aliphatic carbocycles. The fourth-order valence-corrected chi connectivity index (χ4v) is 3.72. The number of aromatic nitrogens is 2. The molecule has 146 valence electrons. The van der Waals surface area contributed by atoms with E-state index < -0.39 is 0 Å². The van der Waals surface area contributed by atoms with E-state index in [2.05, 4.69) is 21.4 Å². The third-order valence-corrected chi connectivity index (χ3v) is 5.02. The molecule has 1 aromatic heterocycles. The number of nitriles is 1. The van der Waals surface area contributed by atoms with Crippen molar-refractivity contribution >= 4 is 11.6 Å². The van der Waals surface area contributed by atoms with E-state index in [0.717, 1.165) is 29.9 Å². The Morgan fingerprint density at radius 3 is 2.86 bits per heavy atom. The lowest BCUT2D eigenvalue weighted by atomic mass is 10.1. The Kier molecular flexibility index (Phi) is 5.02. The average molecular weight is 387 g/mol. The Bertz CT molecular complexity index is 1170. The highest BCUT2D eigenvalue weighted by Gasteiger charge is 2.23. The molecule has 2 heterocycles. The van der Waals surface area contributed by atoms with Crippen molar-refractivity contribution < 1.29 is 4.79 Å². The molecule has 1 amide bonds. The zero-order valence-electron chi connectivity index (χ0n) is 16.1. The maximum Gasteiger partial charge on any atom is 0.274 e. The number of benzene rings is 2. The standard InChI is InChI=1S/C22H21N5O2/c1-15(28)24-18-6-3-7-19(11-18)27-22(29)20-8-9-26(14-21(20)25-27)13-17-5-2-4-16(10-17)12-23/h2-7,10-11,25H,8-9,13-14H2,1H3,(H,24,28). The highest BCUT2D eigenvalue weighted by atomic mass is 16.1. The fourth-order valence-electron chi connectivity index (χ4n) is 3.72. The van der Waals surface area contributed by atoms with E-state index in [9.17, 15) is 9.59 Å². The van der Waals surface area contributed by atoms with Gasteiger partial charge in [-0.05, 0) is 42.3 Å². The number of rotatable bonds is 4. The van der Waals surface area contributed by atoms with E-state index in [-0.39, 0.29) is 11.5 Å². The lowest BCUT2D eigenvalue weighted by Crippen LogP contribution is -2.31. The van der Waals surface area contributed by atoms with Crippen LogP contribution in [0, 0.1) is 11.3 Å². The van der Waals surface area contributed by atoms with Gasteiger partial charge in [-0.25, -0.2) is 4.68 Å². The predicted octanol–water partition coefficient (Wildman–Crippen LogP) is 2.55. The number of hydrogen-bond donors (Lipinski definition) is 2. The van der Waals surface area contributed by atoms with Gasteiger partial charge in [0.25, 0.3) is 5.56 Å². The molecule has 7 heteroatoms. The number of fused-ring (bicyclic) bond motifs is 1. The van der Waals surface area contributed by atoms with Crippen LogP contribution in [0.3, 0.4) is 0 Å². The number of amides is 1. The van der Waals surface area contributed by atoms with Crippen molar-refractivity contribution in [2.45, 2.75) is 26.4 Å². The number of nitrogens with zero attached hydrogens (tertiary/aromatic N) is 3. The van der Waals surface area contributed by atoms with Crippen LogP contribution in [0.15, 0.2) is 53.3 Å². The summed E-state index contributed by atoms with van der Waals surface area (Å²) in [6, 6.07) is 17.0. The number of carbonyl (C=O) groups is 1. The van der Waals surface area contributed by atoms with Gasteiger partial charge in [-0.2, -0.15) is 5.26 Å². The summed E-state index contributed by atoms with van der Waals surface area (Å²) in [5, 5.41) is 15.1. The molecule has 2 N–H and O–H groups in total. The first-order valence-corrected chi connectivity index (χ1v) is 9.45. The number of aromatic amines is 1. The summed E-state index contributed by atoms with van der Waals surface area (Å²) in [7, 11) is 0. The summed E-state index contributed by atoms with van der Waals surface area (Å²) < 4.78 is 1.54. The molecule has 29 heavy (non-hydrogen) atoms. The number of anilines is 1. The van der Waals surface area contributed by atoms with Crippen molar-refractivity contribution in [2.24, 2.45) is 0 Å². The molecule has 1 aliphatic rings. The summed E-state index contributed by atoms with van der Waals surface area (Å²) in [5.41, 5.74) is 4.72. The molecule has 0 saturated heterocycles. The number of hydrogen-bond acceptors (Lipinski definition) is 4. The fraction of sp³-hybridized carbons (Fsp3) is 0.227. The van der Waals surface area contributed by atoms with Crippen LogP contribution in [0.5, 0.6) is 0 Å². The molecule has 0 fully saturated rings. The van der Waals surface area contributed by atoms with Crippen molar-refractivity contribution in [3.63, 3.8) is 0 Å². The van der Waals surface area contributed by atoms with Crippen molar-refractivity contribution in [3.05, 3.63) is 81.3 Å². The van der Waals surface area contributed by atoms with Crippen LogP contribution in [0.25, 0.3) is 5.69 Å². The Hall–Kier alpha value is -3.63. The van der Waals surface area contributed by atoms with Crippen molar-refractivity contribution in [1.29, 1.82) is 5.26 Å². The zero-order chi connectivity index (χ0) is 20.4. The van der Waals surface area contributed by atoms with Gasteiger partial charge >= 0.3 is 0 Å². The Morgan fingerprint density at radius 2 is 2.07 bits per heavy atom. The average Bonchev–Trinajstić information content (AvgIpc) is 3.04. The molecule has 3 aromatic rings. The Labute approximate surface area is 168 Å². The zero-order valence-corrected chi connectivity index (χ0v) is 16.1. The predicted molar refractivity (Wildman–Crippen MR) is 110 cm³/mol. The molecular weight excluding hydrogens is 366 g/mol. The summed E-state index contributed by atoms with van der Waals surface area (Å²) in [5.74, 6) is -0.156. The first kappa shape index (κ1) is 18.7. The summed E-state index contributed by atoms with van der Waals surface area (Å²) in [4.78, 5) is 26.4. The SMILES string of the molecule is CC(=O)Nc1cccc(-n2[nH]c3c(c2=O)CCN(Cc2cccc(C#N)c2)C3)c1. The largest absolute Gasteiger partial charge is 0.326 e. The number of H-pyrrole nitrogens is 1. The van der Waals surface area contributed by atoms with Crippen molar-refractivity contribution in [1.82, 2.24) is 14.7 Å². The smallest absolute Gasteiger partial charge is 0.274 e. The molecule has 0 bridgehead atoms. The lowest BCUT2D eigenvalue weighted by molar-refractivity contribution is -0.114. The molecule has 2 aromatic carbocycles. The molecular formula is C22H21N5O2. The van der Waals surface area contributed by atoms with Crippen LogP contribution in [0.4, 0.5) is 5.69 Å². The quantitative estimate of drug-likeness (QED) is 0.719. The van der Waals surface area contributed by atoms with Gasteiger partial charge in [0, 0.05) is 37.8 Å². The van der Waals surface area contributed by atoms with Gasteiger partial charge < -0.3 is 5.32 Å². The van der Waals surface area contributed by atoms with Crippen LogP contribution < -0.4 is 10.9 Å². The van der Waals surface area contributed by atoms with E-state index in [1.807, 2.05) is 24.3 Å². The maximum absolute atomic E-state index is 12.9. The summed E-state index contributed by atoms with van der Waals surface area (Å²) in [6.07, 6.45) is 0.668. The molecule has 1 aliphatic heterocycles. The van der Waals surface area contributed by atoms with Gasteiger partial charge in [-0.1, -0.05) is 18.2 Å². The first-order chi connectivity index (χ1) is 14.0. The van der Waals surface area contributed by atoms with Crippen LogP contribution >= 0.6 is 0 Å². The molecule has 7 nitrogen and oxygen atoms in total. The number of carbonyl (C=O) groups excluding carboxylic acids is 1. The Balaban J connectivity index is 1.57. The second-order valence-electron chi connectivity index (χ2n) is 7.21. The second-order valence-corrected chi connectivity index (χ2v) is 7.21. The van der Waals surface area contributed by atoms with Gasteiger partial charge in [0.2, 0.25) is 5.91 Å². The van der Waals surface area contributed by atoms with Gasteiger partial charge in [0.05, 0.1) is 23.0 Å². The number of nitrogens with one attached hydrogen (secondary N) is 2. The van der Waals surface area contributed by atoms with E-state index in [1.54, 1.807) is 24.3 Å². The van der Waals surface area contributed by atoms with Gasteiger partial charge in [-0.15, -0.1) is 0 Å². The Morgan fingerprint density at radius 1 is 1.24 bits per heavy atom. The van der Waals surface area contributed by atoms with Gasteiger partial charge in [0.15, 0.2) is 0 Å². The summed E-state index contributed by atoms with van der Waals surface area (Å²) in [6.45, 7) is 3.59. The normalized spacial score (nSPS) is 13.5. The van der Waals surface area contributed by atoms with Gasteiger partial charge in [0.1, 0.15) is 0 Å². The minimum absolute atomic E-state index is 0.0499. The highest BCUT2D eigenvalue weighted by molar-refractivity contribution is 5.88. The molecule has 0 radical (unpaired) electrons. The molecule has 4 rings (SSSR count). The minimum atomic E-state index is -0.156. The van der Waals surface area contributed by atoms with E-state index >= 15 is 0 Å². The second kappa shape index (κ2) is 7.78. The van der Waals surface area contributed by atoms with Crippen LogP contribution in [-0.4, -0.2) is 27.1 Å². The molecule has 0 atom stereocenters. The summed E-state index contributed by atoms with van der Waals surface area (Å²) >= 11 is 0. The molecule has 0 spiro atoms. The van der Waals surface area contributed by atoms with Crippen LogP contribution in [0.1, 0.15) is 29.3 Å². The minimum Gasteiger partial charge on any atom is -0.326 e. The monoisotopic (exact) mass is 387 g/mol. The first-order valence-electron chi connectivity index (χ1n) is 9.45. The van der Waals surface area contributed by atoms with E-state index in [4.69, 9.17) is 5.26 Å². The topological polar surface area (TPSA) is 93.9 Å². The molecule has 0 unspecified atom stereocenters. The van der Waals surface area contributed by atoms with E-state index in [1.165, 1.54) is 11.6 Å². The third-order valence-electron chi connectivity index (χ3n) is 5.02. The van der Waals surface area contributed by atoms with Crippen LogP contribution in [-0.2, 0) is 24.3 Å². The van der Waals surface area contributed by atoms with E-state index in [0.29, 0.717) is 29.9 Å². The lowest BCUT2D eigenvalue weighted by Gasteiger charge is -2.25. The molecule has 0 saturated carbocycles. The maximum atomic E-state index is 12.9. The van der Waals surface area contributed by atoms with Crippen molar-refractivity contribution in [3.8, 4) is 11.8 Å². The third kappa shape index (κ3) is 3.98. The van der Waals surface area contributed by atoms with Gasteiger partial charge in [-0.3, -0.25) is 19.6 Å². The van der Waals surface area contributed by atoms with Crippen molar-refractivity contribution in [2.75, 3.05) is 11.9 Å².